The lowest BCUT2D eigenvalue weighted by molar-refractivity contribution is -0.638. The largest absolute Gasteiger partial charge is 0.444 e. The SMILES string of the molecule is [NH3+]OS(=O)(=O)OC[C@H]1O[C@H](O[C@@]2(COS(=O)(=O)O[NH3+])O[C@H](CO)[C@@H](OS(=O)(=O)O[NH3+])[C@@H]2OS(=O)(=O)O[NH3+])[C@H](OS(=O)(=O)O[NH3+])[C@@H](OS(=O)(=O)O[NH3+])[C@@H]1OS(=O)(=O)O[NH3+]. The van der Waals surface area contributed by atoms with Crippen LogP contribution in [0.15, 0.2) is 0 Å². The van der Waals surface area contributed by atoms with E-state index in [1.54, 1.807) is 0 Å². The Balaban J connectivity index is 3.13. The Morgan fingerprint density at radius 2 is 0.845 bits per heavy atom. The lowest BCUT2D eigenvalue weighted by Crippen LogP contribution is -2.67. The molecule has 39 nitrogen and oxygen atoms in total. The van der Waals surface area contributed by atoms with Gasteiger partial charge in [-0.3, -0.25) is 0 Å². The van der Waals surface area contributed by atoms with Gasteiger partial charge < -0.3 is 19.3 Å². The molecule has 46 heteroatoms. The average Bonchev–Trinajstić information content (AvgIpc) is 3.42. The van der Waals surface area contributed by atoms with E-state index in [2.05, 4.69) is 92.2 Å². The van der Waals surface area contributed by atoms with Crippen LogP contribution in [0.3, 0.4) is 0 Å². The van der Waals surface area contributed by atoms with Crippen LogP contribution in [0.25, 0.3) is 0 Å². The highest BCUT2D eigenvalue weighted by Crippen LogP contribution is 2.43. The number of aliphatic hydroxyl groups excluding tert-OH is 1. The van der Waals surface area contributed by atoms with Crippen molar-refractivity contribution in [3.05, 3.63) is 0 Å². The Bertz CT molecular complexity index is 2170. The van der Waals surface area contributed by atoms with Gasteiger partial charge in [0.05, 0.1) is 13.2 Å². The van der Waals surface area contributed by atoms with E-state index < -0.39 is 147 Å². The Morgan fingerprint density at radius 1 is 0.466 bits per heavy atom. The lowest BCUT2D eigenvalue weighted by Gasteiger charge is -2.45. The Morgan fingerprint density at radius 3 is 1.28 bits per heavy atom. The van der Waals surface area contributed by atoms with Gasteiger partial charge in [-0.2, -0.15) is 100 Å². The maximum atomic E-state index is 12.6. The summed E-state index contributed by atoms with van der Waals surface area (Å²) in [6, 6.07) is 0. The van der Waals surface area contributed by atoms with E-state index in [0.29, 0.717) is 0 Å². The van der Waals surface area contributed by atoms with Crippen LogP contribution in [0.4, 0.5) is 0 Å². The van der Waals surface area contributed by atoms with Gasteiger partial charge in [0.25, 0.3) is 0 Å². The number of quaternary nitrogens is 7. The minimum Gasteiger partial charge on any atom is -0.394 e. The molecule has 2 rings (SSSR count). The molecule has 0 aromatic heterocycles. The van der Waals surface area contributed by atoms with Crippen molar-refractivity contribution in [2.75, 3.05) is 19.8 Å². The van der Waals surface area contributed by atoms with E-state index in [1.165, 1.54) is 0 Å². The van der Waals surface area contributed by atoms with Crippen molar-refractivity contribution in [2.24, 2.45) is 0 Å². The quantitative estimate of drug-likeness (QED) is 0.0373. The van der Waals surface area contributed by atoms with Crippen molar-refractivity contribution in [3.63, 3.8) is 0 Å². The molecule has 0 spiro atoms. The smallest absolute Gasteiger partial charge is 0.394 e. The predicted molar refractivity (Wildman–Crippen MR) is 151 cm³/mol. The van der Waals surface area contributed by atoms with Gasteiger partial charge in [0, 0.05) is 0 Å². The van der Waals surface area contributed by atoms with E-state index in [1.807, 2.05) is 0 Å². The molecular weight excluding hydrogens is 979 g/mol. The molecule has 0 aromatic rings. The van der Waals surface area contributed by atoms with E-state index >= 15 is 0 Å². The highest BCUT2D eigenvalue weighted by molar-refractivity contribution is 7.83. The molecule has 22 N–H and O–H groups in total. The molecule has 9 atom stereocenters. The highest BCUT2D eigenvalue weighted by Gasteiger charge is 2.66. The third-order valence-corrected chi connectivity index (χ3v) is 11.6. The minimum atomic E-state index is -5.70. The molecular formula is C12H36N7O32S7+7. The summed E-state index contributed by atoms with van der Waals surface area (Å²) >= 11 is 0. The van der Waals surface area contributed by atoms with E-state index in [4.69, 9.17) is 22.6 Å². The maximum Gasteiger partial charge on any atom is 0.444 e. The first-order valence-corrected chi connectivity index (χ1v) is 22.9. The second kappa shape index (κ2) is 20.2. The van der Waals surface area contributed by atoms with Crippen molar-refractivity contribution in [2.45, 2.75) is 54.8 Å². The minimum absolute atomic E-state index is 1.51. The van der Waals surface area contributed by atoms with Crippen LogP contribution >= 0.6 is 0 Å². The summed E-state index contributed by atoms with van der Waals surface area (Å²) in [5, 5.41) is 10.1. The second-order valence-corrected chi connectivity index (χ2v) is 18.6. The van der Waals surface area contributed by atoms with Gasteiger partial charge in [-0.1, -0.05) is 30.0 Å². The van der Waals surface area contributed by atoms with Gasteiger partial charge in [-0.25, -0.2) is 29.3 Å². The molecule has 2 saturated heterocycles. The average molecular weight is 1010 g/mol. The summed E-state index contributed by atoms with van der Waals surface area (Å²) < 4.78 is 250. The third kappa shape index (κ3) is 14.6. The molecule has 0 unspecified atom stereocenters. The maximum absolute atomic E-state index is 12.6. The number of hydrogen-bond acceptors (Lipinski definition) is 32. The molecule has 2 aliphatic heterocycles. The topological polar surface area (TPSA) is 610 Å². The van der Waals surface area contributed by atoms with Crippen LogP contribution < -0.4 is 41.3 Å². The number of rotatable bonds is 26. The first-order chi connectivity index (χ1) is 26.4. The molecule has 2 aliphatic rings. The molecule has 2 fully saturated rings. The number of aliphatic hydroxyl groups is 1. The van der Waals surface area contributed by atoms with Gasteiger partial charge in [-0.15, -0.1) is 0 Å². The summed E-state index contributed by atoms with van der Waals surface area (Å²) in [5.41, 5.74) is 0. The predicted octanol–water partition coefficient (Wildman–Crippen LogP) is -16.3. The molecule has 0 aliphatic carbocycles. The zero-order valence-corrected chi connectivity index (χ0v) is 33.9. The summed E-state index contributed by atoms with van der Waals surface area (Å²) in [4.78, 5) is 0. The molecule has 58 heavy (non-hydrogen) atoms. The molecule has 0 saturated carbocycles. The standard InChI is InChI=1S/C12H36N7O32S7/c13-45-52(21,22)35-2-5-6(40-54(25,26)47-15)8(42-56(29,30)49-17)9(43-57(31,32)50-18)11(37-5)39-12(3-36-53(23,24)46-14)10(44-58(33,34)51-19)7(4(1-20)38-12)41-55(27,28)48-16/h4-11,20H,1-3H2,13-19H3/q+7/t4-,5-,6-,7-,8+,9-,10+,11-,12-/m1/s1. The Hall–Kier alpha value is -1.35. The number of ether oxygens (including phenoxy) is 3. The lowest BCUT2D eigenvalue weighted by atomic mass is 9.99. The Labute approximate surface area is 325 Å². The van der Waals surface area contributed by atoms with Crippen LogP contribution in [-0.2, 0) is 146 Å². The normalized spacial score (nSPS) is 29.4. The second-order valence-electron chi connectivity index (χ2n) is 9.80. The van der Waals surface area contributed by atoms with Gasteiger partial charge in [0.1, 0.15) is 37.1 Å². The van der Waals surface area contributed by atoms with E-state index in [9.17, 15) is 64.0 Å². The summed E-state index contributed by atoms with van der Waals surface area (Å²) in [6.45, 7) is -5.16. The molecule has 0 bridgehead atoms. The fraction of sp³-hybridized carbons (Fsp3) is 1.00. The highest BCUT2D eigenvalue weighted by atomic mass is 32.3. The van der Waals surface area contributed by atoms with E-state index in [-0.39, 0.29) is 0 Å². The van der Waals surface area contributed by atoms with Crippen LogP contribution in [0, 0.1) is 0 Å². The summed E-state index contributed by atoms with van der Waals surface area (Å²) in [6.07, 6.45) is -22.9. The van der Waals surface area contributed by atoms with Crippen LogP contribution in [0.1, 0.15) is 0 Å². The number of hydrogen-bond donors (Lipinski definition) is 8. The molecule has 0 amide bonds. The van der Waals surface area contributed by atoms with Gasteiger partial charge in [0.15, 0.2) is 18.5 Å². The van der Waals surface area contributed by atoms with Crippen LogP contribution in [-0.4, -0.2) is 139 Å². The van der Waals surface area contributed by atoms with Crippen molar-refractivity contribution in [1.82, 2.24) is 0 Å². The molecule has 2 heterocycles. The summed E-state index contributed by atoms with van der Waals surface area (Å²) in [7, 11) is -38.6. The van der Waals surface area contributed by atoms with Gasteiger partial charge in [-0.05, 0) is 0 Å². The fourth-order valence-corrected chi connectivity index (χ4v) is 7.78. The first kappa shape index (κ1) is 52.8. The van der Waals surface area contributed by atoms with Crippen LogP contribution in [0.2, 0.25) is 0 Å². The summed E-state index contributed by atoms with van der Waals surface area (Å²) in [5.74, 6) is 14.2. The zero-order valence-electron chi connectivity index (χ0n) is 28.2. The van der Waals surface area contributed by atoms with Crippen molar-refractivity contribution in [1.29, 1.82) is 0 Å². The Kier molecular flexibility index (Phi) is 18.4. The van der Waals surface area contributed by atoms with Crippen molar-refractivity contribution >= 4 is 72.8 Å². The first-order valence-electron chi connectivity index (χ1n) is 13.6. The third-order valence-electron chi connectivity index (χ3n) is 6.46. The van der Waals surface area contributed by atoms with Crippen molar-refractivity contribution in [3.8, 4) is 0 Å². The fourth-order valence-electron chi connectivity index (χ4n) is 4.28. The van der Waals surface area contributed by atoms with Crippen molar-refractivity contribution < 1.29 is 179 Å². The van der Waals surface area contributed by atoms with Gasteiger partial charge >= 0.3 is 72.8 Å². The zero-order chi connectivity index (χ0) is 44.8. The molecule has 346 valence electrons. The van der Waals surface area contributed by atoms with Crippen LogP contribution in [0.5, 0.6) is 0 Å². The molecule has 0 radical (unpaired) electrons. The monoisotopic (exact) mass is 1010 g/mol. The molecule has 0 aromatic carbocycles. The van der Waals surface area contributed by atoms with Gasteiger partial charge in [0.2, 0.25) is 5.79 Å². The van der Waals surface area contributed by atoms with E-state index in [0.717, 1.165) is 0 Å².